The smallest absolute Gasteiger partial charge is 0.330 e. The second-order valence-electron chi connectivity index (χ2n) is 8.48. The summed E-state index contributed by atoms with van der Waals surface area (Å²) in [7, 11) is 0. The van der Waals surface area contributed by atoms with Crippen LogP contribution in [-0.2, 0) is 6.54 Å². The van der Waals surface area contributed by atoms with Gasteiger partial charge in [0.25, 0.3) is 11.5 Å². The number of nitrogens with two attached hydrogens (primary N) is 1. The summed E-state index contributed by atoms with van der Waals surface area (Å²) in [6, 6.07) is 1.70. The second kappa shape index (κ2) is 7.16. The van der Waals surface area contributed by atoms with Crippen molar-refractivity contribution in [1.29, 1.82) is 0 Å². The van der Waals surface area contributed by atoms with Crippen LogP contribution < -0.4 is 17.0 Å². The van der Waals surface area contributed by atoms with E-state index in [1.54, 1.807) is 11.0 Å². The molecule has 1 saturated carbocycles. The number of carbonyl (C=O) groups excluding carboxylic acids is 1. The molecule has 1 amide bonds. The molecule has 28 heavy (non-hydrogen) atoms. The van der Waals surface area contributed by atoms with Crippen LogP contribution in [0.5, 0.6) is 0 Å². The third kappa shape index (κ3) is 3.48. The minimum absolute atomic E-state index is 0.0499. The van der Waals surface area contributed by atoms with Crippen LogP contribution >= 0.6 is 0 Å². The SMILES string of the molecule is CC(C)Cn1c(=O)[nH]c(=O)c2c(C(=O)N3CCCC(N)C3)cc(C3CC3)nc21. The first-order chi connectivity index (χ1) is 13.3. The lowest BCUT2D eigenvalue weighted by Crippen LogP contribution is -2.46. The molecular formula is C20H27N5O3. The number of hydrogen-bond donors (Lipinski definition) is 2. The van der Waals surface area contributed by atoms with Crippen LogP contribution in [0.2, 0.25) is 0 Å². The summed E-state index contributed by atoms with van der Waals surface area (Å²) in [5.74, 6) is 0.281. The largest absolute Gasteiger partial charge is 0.337 e. The van der Waals surface area contributed by atoms with Crippen LogP contribution in [0.4, 0.5) is 0 Å². The molecule has 1 aliphatic heterocycles. The predicted molar refractivity (Wildman–Crippen MR) is 107 cm³/mol. The molecule has 3 N–H and O–H groups in total. The number of H-pyrrole nitrogens is 1. The fraction of sp³-hybridized carbons (Fsp3) is 0.600. The fourth-order valence-electron chi connectivity index (χ4n) is 3.95. The normalized spacial score (nSPS) is 20.1. The molecule has 0 spiro atoms. The summed E-state index contributed by atoms with van der Waals surface area (Å²) in [6.07, 6.45) is 3.76. The lowest BCUT2D eigenvalue weighted by Gasteiger charge is -2.31. The zero-order valence-electron chi connectivity index (χ0n) is 16.4. The van der Waals surface area contributed by atoms with Gasteiger partial charge in [0.05, 0.1) is 10.9 Å². The molecule has 8 heteroatoms. The number of nitrogens with zero attached hydrogens (tertiary/aromatic N) is 3. The lowest BCUT2D eigenvalue weighted by molar-refractivity contribution is 0.0710. The van der Waals surface area contributed by atoms with Crippen molar-refractivity contribution in [2.24, 2.45) is 11.7 Å². The number of amides is 1. The van der Waals surface area contributed by atoms with Crippen molar-refractivity contribution in [3.63, 3.8) is 0 Å². The molecule has 150 valence electrons. The van der Waals surface area contributed by atoms with Crippen molar-refractivity contribution in [1.82, 2.24) is 19.4 Å². The highest BCUT2D eigenvalue weighted by Crippen LogP contribution is 2.40. The first kappa shape index (κ1) is 18.9. The molecule has 2 fully saturated rings. The molecule has 1 aliphatic carbocycles. The van der Waals surface area contributed by atoms with Gasteiger partial charge in [-0.25, -0.2) is 9.78 Å². The Morgan fingerprint density at radius 2 is 2.07 bits per heavy atom. The Morgan fingerprint density at radius 3 is 2.71 bits per heavy atom. The fourth-order valence-corrected chi connectivity index (χ4v) is 3.95. The molecule has 0 bridgehead atoms. The number of nitrogens with one attached hydrogen (secondary N) is 1. The van der Waals surface area contributed by atoms with Gasteiger partial charge >= 0.3 is 5.69 Å². The number of piperidine rings is 1. The van der Waals surface area contributed by atoms with E-state index in [9.17, 15) is 14.4 Å². The third-order valence-electron chi connectivity index (χ3n) is 5.49. The van der Waals surface area contributed by atoms with Crippen LogP contribution in [0.15, 0.2) is 15.7 Å². The second-order valence-corrected chi connectivity index (χ2v) is 8.48. The summed E-state index contributed by atoms with van der Waals surface area (Å²) >= 11 is 0. The minimum atomic E-state index is -0.556. The maximum Gasteiger partial charge on any atom is 0.330 e. The summed E-state index contributed by atoms with van der Waals surface area (Å²) in [4.78, 5) is 47.3. The Labute approximate surface area is 162 Å². The standard InChI is InChI=1S/C20H27N5O3/c1-11(2)9-25-17-16(18(26)23-20(25)28)14(8-15(22-17)12-5-6-12)19(27)24-7-3-4-13(21)10-24/h8,11-13H,3-7,9-10,21H2,1-2H3,(H,23,26,28). The van der Waals surface area contributed by atoms with E-state index in [0.717, 1.165) is 31.4 Å². The summed E-state index contributed by atoms with van der Waals surface area (Å²) in [5.41, 5.74) is 6.45. The summed E-state index contributed by atoms with van der Waals surface area (Å²) in [5, 5.41) is 0.203. The van der Waals surface area contributed by atoms with E-state index in [1.807, 2.05) is 13.8 Å². The highest BCUT2D eigenvalue weighted by atomic mass is 16.2. The van der Waals surface area contributed by atoms with Crippen molar-refractivity contribution in [2.45, 2.75) is 58.0 Å². The number of carbonyl (C=O) groups is 1. The van der Waals surface area contributed by atoms with Crippen LogP contribution in [-0.4, -0.2) is 44.5 Å². The Kier molecular flexibility index (Phi) is 4.82. The molecule has 8 nitrogen and oxygen atoms in total. The summed E-state index contributed by atoms with van der Waals surface area (Å²) in [6.45, 7) is 5.52. The van der Waals surface area contributed by atoms with Gasteiger partial charge < -0.3 is 10.6 Å². The maximum atomic E-state index is 13.3. The van der Waals surface area contributed by atoms with Crippen molar-refractivity contribution in [3.05, 3.63) is 38.2 Å². The van der Waals surface area contributed by atoms with Gasteiger partial charge in [0, 0.05) is 37.3 Å². The van der Waals surface area contributed by atoms with Crippen molar-refractivity contribution in [3.8, 4) is 0 Å². The number of hydrogen-bond acceptors (Lipinski definition) is 5. The van der Waals surface area contributed by atoms with E-state index >= 15 is 0 Å². The van der Waals surface area contributed by atoms with Crippen LogP contribution in [0.3, 0.4) is 0 Å². The highest BCUT2D eigenvalue weighted by Gasteiger charge is 2.31. The molecule has 1 unspecified atom stereocenters. The van der Waals surface area contributed by atoms with Gasteiger partial charge in [0.1, 0.15) is 0 Å². The molecule has 0 radical (unpaired) electrons. The van der Waals surface area contributed by atoms with Crippen LogP contribution in [0, 0.1) is 5.92 Å². The third-order valence-corrected chi connectivity index (χ3v) is 5.49. The summed E-state index contributed by atoms with van der Waals surface area (Å²) < 4.78 is 1.49. The zero-order valence-corrected chi connectivity index (χ0v) is 16.4. The van der Waals surface area contributed by atoms with E-state index in [-0.39, 0.29) is 23.3 Å². The predicted octanol–water partition coefficient (Wildman–Crippen LogP) is 1.18. The molecule has 3 heterocycles. The quantitative estimate of drug-likeness (QED) is 0.820. The average Bonchev–Trinajstić information content (AvgIpc) is 3.48. The van der Waals surface area contributed by atoms with Crippen LogP contribution in [0.1, 0.15) is 61.5 Å². The molecule has 2 aromatic heterocycles. The maximum absolute atomic E-state index is 13.3. The van der Waals surface area contributed by atoms with Gasteiger partial charge in [0.2, 0.25) is 0 Å². The van der Waals surface area contributed by atoms with Gasteiger partial charge in [-0.05, 0) is 37.7 Å². The Morgan fingerprint density at radius 1 is 1.32 bits per heavy atom. The van der Waals surface area contributed by atoms with E-state index < -0.39 is 11.2 Å². The van der Waals surface area contributed by atoms with Gasteiger partial charge in [-0.2, -0.15) is 0 Å². The Bertz CT molecular complexity index is 1030. The number of fused-ring (bicyclic) bond motifs is 1. The first-order valence-electron chi connectivity index (χ1n) is 10.1. The zero-order chi connectivity index (χ0) is 20.0. The lowest BCUT2D eigenvalue weighted by atomic mass is 10.0. The number of aromatic nitrogens is 3. The van der Waals surface area contributed by atoms with Gasteiger partial charge in [0.15, 0.2) is 5.65 Å². The molecule has 0 aromatic carbocycles. The van der Waals surface area contributed by atoms with Crippen LogP contribution in [0.25, 0.3) is 11.0 Å². The van der Waals surface area contributed by atoms with E-state index in [4.69, 9.17) is 5.73 Å². The van der Waals surface area contributed by atoms with Gasteiger partial charge in [-0.1, -0.05) is 13.8 Å². The minimum Gasteiger partial charge on any atom is -0.337 e. The number of rotatable bonds is 4. The molecule has 1 atom stereocenters. The Hall–Kier alpha value is -2.48. The molecular weight excluding hydrogens is 358 g/mol. The topological polar surface area (TPSA) is 114 Å². The van der Waals surface area contributed by atoms with E-state index in [0.29, 0.717) is 36.8 Å². The monoisotopic (exact) mass is 385 g/mol. The van der Waals surface area contributed by atoms with Gasteiger partial charge in [-0.3, -0.25) is 19.1 Å². The van der Waals surface area contributed by atoms with Gasteiger partial charge in [-0.15, -0.1) is 0 Å². The molecule has 2 aliphatic rings. The van der Waals surface area contributed by atoms with Crippen molar-refractivity contribution >= 4 is 16.9 Å². The Balaban J connectivity index is 1.93. The number of aromatic amines is 1. The van der Waals surface area contributed by atoms with Crippen molar-refractivity contribution < 1.29 is 4.79 Å². The highest BCUT2D eigenvalue weighted by molar-refractivity contribution is 6.05. The molecule has 1 saturated heterocycles. The number of likely N-dealkylation sites (tertiary alicyclic amines) is 1. The number of pyridine rings is 1. The first-order valence-corrected chi connectivity index (χ1v) is 10.1. The molecule has 4 rings (SSSR count). The van der Waals surface area contributed by atoms with E-state index in [1.165, 1.54) is 4.57 Å². The average molecular weight is 385 g/mol. The van der Waals surface area contributed by atoms with Crippen molar-refractivity contribution in [2.75, 3.05) is 13.1 Å². The molecule has 2 aromatic rings. The van der Waals surface area contributed by atoms with E-state index in [2.05, 4.69) is 9.97 Å².